The molecular weight excluding hydrogens is 214 g/mol. The Morgan fingerprint density at radius 2 is 1.88 bits per heavy atom. The molecule has 2 N–H and O–H groups in total. The van der Waals surface area contributed by atoms with Crippen LogP contribution in [-0.2, 0) is 9.53 Å². The third kappa shape index (κ3) is 11.7. The van der Waals surface area contributed by atoms with E-state index in [2.05, 4.69) is 34.6 Å². The van der Waals surface area contributed by atoms with Gasteiger partial charge in [-0.2, -0.15) is 0 Å². The summed E-state index contributed by atoms with van der Waals surface area (Å²) in [4.78, 5) is 11.5. The van der Waals surface area contributed by atoms with E-state index >= 15 is 0 Å². The van der Waals surface area contributed by atoms with Gasteiger partial charge >= 0.3 is 5.97 Å². The fourth-order valence-corrected chi connectivity index (χ4v) is 1.81. The van der Waals surface area contributed by atoms with Crippen LogP contribution in [0, 0.1) is 11.3 Å². The first-order chi connectivity index (χ1) is 7.70. The Bertz CT molecular complexity index is 219. The van der Waals surface area contributed by atoms with E-state index in [0.29, 0.717) is 18.9 Å². The molecule has 0 rings (SSSR count). The first-order valence-corrected chi connectivity index (χ1v) is 6.62. The minimum atomic E-state index is -0.162. The largest absolute Gasteiger partial charge is 0.466 e. The monoisotopic (exact) mass is 243 g/mol. The predicted octanol–water partition coefficient (Wildman–Crippen LogP) is 3.12. The summed E-state index contributed by atoms with van der Waals surface area (Å²) in [7, 11) is 0. The molecule has 3 nitrogen and oxygen atoms in total. The summed E-state index contributed by atoms with van der Waals surface area (Å²) in [5, 5.41) is 0. The van der Waals surface area contributed by atoms with E-state index in [1.54, 1.807) is 0 Å². The van der Waals surface area contributed by atoms with Crippen LogP contribution >= 0.6 is 0 Å². The lowest BCUT2D eigenvalue weighted by Crippen LogP contribution is -2.29. The van der Waals surface area contributed by atoms with Crippen molar-refractivity contribution in [2.24, 2.45) is 17.1 Å². The maximum absolute atomic E-state index is 11.5. The molecule has 0 aliphatic carbocycles. The molecule has 1 unspecified atom stereocenters. The van der Waals surface area contributed by atoms with E-state index < -0.39 is 0 Å². The second-order valence-electron chi connectivity index (χ2n) is 6.49. The summed E-state index contributed by atoms with van der Waals surface area (Å²) in [6.07, 6.45) is 3.21. The third-order valence-corrected chi connectivity index (χ3v) is 2.49. The van der Waals surface area contributed by atoms with Crippen LogP contribution in [0.4, 0.5) is 0 Å². The van der Waals surface area contributed by atoms with Crippen molar-refractivity contribution in [1.82, 2.24) is 0 Å². The molecule has 0 amide bonds. The highest BCUT2D eigenvalue weighted by atomic mass is 16.5. The highest BCUT2D eigenvalue weighted by Crippen LogP contribution is 2.21. The molecular formula is C14H29NO2. The Hall–Kier alpha value is -0.570. The van der Waals surface area contributed by atoms with Gasteiger partial charge < -0.3 is 10.5 Å². The van der Waals surface area contributed by atoms with Gasteiger partial charge in [0.15, 0.2) is 0 Å². The topological polar surface area (TPSA) is 52.3 Å². The first kappa shape index (κ1) is 16.4. The molecule has 0 saturated carbocycles. The van der Waals surface area contributed by atoms with Crippen LogP contribution < -0.4 is 5.73 Å². The number of carbonyl (C=O) groups is 1. The van der Waals surface area contributed by atoms with Crippen molar-refractivity contribution in [2.75, 3.05) is 6.61 Å². The molecule has 0 aromatic rings. The lowest BCUT2D eigenvalue weighted by molar-refractivity contribution is -0.144. The zero-order chi connectivity index (χ0) is 13.5. The average Bonchev–Trinajstić information content (AvgIpc) is 2.08. The van der Waals surface area contributed by atoms with E-state index in [1.807, 2.05) is 0 Å². The minimum absolute atomic E-state index is 0.0902. The molecule has 0 aliphatic heterocycles. The van der Waals surface area contributed by atoms with Gasteiger partial charge in [-0.25, -0.2) is 0 Å². The highest BCUT2D eigenvalue weighted by Gasteiger charge is 2.18. The van der Waals surface area contributed by atoms with Crippen LogP contribution in [0.1, 0.15) is 60.3 Å². The minimum Gasteiger partial charge on any atom is -0.466 e. The Morgan fingerprint density at radius 1 is 1.29 bits per heavy atom. The molecule has 0 spiro atoms. The van der Waals surface area contributed by atoms with Crippen molar-refractivity contribution < 1.29 is 9.53 Å². The maximum Gasteiger partial charge on any atom is 0.307 e. The Balaban J connectivity index is 3.65. The SMILES string of the molecule is CC(C)CCCOC(=O)CC(N)CC(C)(C)C. The van der Waals surface area contributed by atoms with Gasteiger partial charge in [0.05, 0.1) is 13.0 Å². The van der Waals surface area contributed by atoms with E-state index in [4.69, 9.17) is 10.5 Å². The smallest absolute Gasteiger partial charge is 0.307 e. The van der Waals surface area contributed by atoms with Gasteiger partial charge in [-0.1, -0.05) is 34.6 Å². The van der Waals surface area contributed by atoms with Gasteiger partial charge in [0.2, 0.25) is 0 Å². The molecule has 0 aromatic heterocycles. The van der Waals surface area contributed by atoms with Crippen LogP contribution in [0.3, 0.4) is 0 Å². The third-order valence-electron chi connectivity index (χ3n) is 2.49. The average molecular weight is 243 g/mol. The van der Waals surface area contributed by atoms with Crippen molar-refractivity contribution in [1.29, 1.82) is 0 Å². The molecule has 0 saturated heterocycles. The Morgan fingerprint density at radius 3 is 2.35 bits per heavy atom. The Kier molecular flexibility index (Phi) is 7.44. The molecule has 0 aliphatic rings. The number of carbonyl (C=O) groups excluding carboxylic acids is 1. The number of rotatable bonds is 7. The second kappa shape index (κ2) is 7.70. The molecule has 0 fully saturated rings. The number of hydrogen-bond donors (Lipinski definition) is 1. The second-order valence-corrected chi connectivity index (χ2v) is 6.49. The number of esters is 1. The van der Waals surface area contributed by atoms with Crippen LogP contribution in [-0.4, -0.2) is 18.6 Å². The van der Waals surface area contributed by atoms with Crippen molar-refractivity contribution >= 4 is 5.97 Å². The summed E-state index contributed by atoms with van der Waals surface area (Å²) in [6, 6.07) is -0.0902. The van der Waals surface area contributed by atoms with Gasteiger partial charge in [0.1, 0.15) is 0 Å². The van der Waals surface area contributed by atoms with Gasteiger partial charge in [-0.3, -0.25) is 4.79 Å². The molecule has 17 heavy (non-hydrogen) atoms. The first-order valence-electron chi connectivity index (χ1n) is 6.62. The predicted molar refractivity (Wildman–Crippen MR) is 71.7 cm³/mol. The van der Waals surface area contributed by atoms with Gasteiger partial charge in [-0.15, -0.1) is 0 Å². The highest BCUT2D eigenvalue weighted by molar-refractivity contribution is 5.70. The summed E-state index contributed by atoms with van der Waals surface area (Å²) in [5.41, 5.74) is 6.08. The van der Waals surface area contributed by atoms with E-state index in [0.717, 1.165) is 19.3 Å². The summed E-state index contributed by atoms with van der Waals surface area (Å²) in [5.74, 6) is 0.502. The van der Waals surface area contributed by atoms with Crippen LogP contribution in [0.25, 0.3) is 0 Å². The standard InChI is InChI=1S/C14H29NO2/c1-11(2)7-6-8-17-13(16)9-12(15)10-14(3,4)5/h11-12H,6-10,15H2,1-5H3. The molecule has 0 aromatic carbocycles. The molecule has 1 atom stereocenters. The Labute approximate surface area is 106 Å². The van der Waals surface area contributed by atoms with E-state index in [-0.39, 0.29) is 17.4 Å². The van der Waals surface area contributed by atoms with Crippen molar-refractivity contribution in [3.8, 4) is 0 Å². The zero-order valence-corrected chi connectivity index (χ0v) is 12.1. The van der Waals surface area contributed by atoms with Crippen LogP contribution in [0.15, 0.2) is 0 Å². The van der Waals surface area contributed by atoms with E-state index in [9.17, 15) is 4.79 Å². The fraction of sp³-hybridized carbons (Fsp3) is 0.929. The van der Waals surface area contributed by atoms with Gasteiger partial charge in [-0.05, 0) is 30.6 Å². The van der Waals surface area contributed by atoms with Gasteiger partial charge in [0, 0.05) is 6.04 Å². The van der Waals surface area contributed by atoms with Crippen molar-refractivity contribution in [3.05, 3.63) is 0 Å². The molecule has 0 heterocycles. The van der Waals surface area contributed by atoms with Crippen LogP contribution in [0.5, 0.6) is 0 Å². The summed E-state index contributed by atoms with van der Waals surface area (Å²) >= 11 is 0. The summed E-state index contributed by atoms with van der Waals surface area (Å²) in [6.45, 7) is 11.2. The number of hydrogen-bond acceptors (Lipinski definition) is 3. The molecule has 0 radical (unpaired) electrons. The summed E-state index contributed by atoms with van der Waals surface area (Å²) < 4.78 is 5.16. The number of ether oxygens (including phenoxy) is 1. The molecule has 0 bridgehead atoms. The van der Waals surface area contributed by atoms with Crippen LogP contribution in [0.2, 0.25) is 0 Å². The number of nitrogens with two attached hydrogens (primary N) is 1. The lowest BCUT2D eigenvalue weighted by Gasteiger charge is -2.22. The molecule has 102 valence electrons. The van der Waals surface area contributed by atoms with Crippen molar-refractivity contribution in [3.63, 3.8) is 0 Å². The zero-order valence-electron chi connectivity index (χ0n) is 12.1. The van der Waals surface area contributed by atoms with E-state index in [1.165, 1.54) is 0 Å². The molecule has 3 heteroatoms. The fourth-order valence-electron chi connectivity index (χ4n) is 1.81. The normalized spacial score (nSPS) is 13.8. The lowest BCUT2D eigenvalue weighted by atomic mass is 9.87. The maximum atomic E-state index is 11.5. The van der Waals surface area contributed by atoms with Gasteiger partial charge in [0.25, 0.3) is 0 Å². The quantitative estimate of drug-likeness (QED) is 0.552. The van der Waals surface area contributed by atoms with Crippen molar-refractivity contribution in [2.45, 2.75) is 66.3 Å².